The van der Waals surface area contributed by atoms with Crippen molar-refractivity contribution >= 4 is 54.4 Å². The zero-order chi connectivity index (χ0) is 27.6. The van der Waals surface area contributed by atoms with Gasteiger partial charge >= 0.3 is 0 Å². The molecule has 2 aromatic heterocycles. The molecule has 7 aromatic carbocycles. The van der Waals surface area contributed by atoms with Crippen molar-refractivity contribution in [3.8, 4) is 22.5 Å². The first-order chi connectivity index (χ1) is 20.8. The van der Waals surface area contributed by atoms with Gasteiger partial charge in [0.15, 0.2) is 0 Å². The van der Waals surface area contributed by atoms with E-state index in [1.807, 2.05) is 0 Å². The van der Waals surface area contributed by atoms with Crippen molar-refractivity contribution in [1.82, 2.24) is 9.13 Å². The highest BCUT2D eigenvalue weighted by atomic mass is 15.0. The van der Waals surface area contributed by atoms with Crippen LogP contribution in [-0.4, -0.2) is 9.13 Å². The quantitative estimate of drug-likeness (QED) is 0.213. The van der Waals surface area contributed by atoms with Gasteiger partial charge in [0.1, 0.15) is 0 Å². The van der Waals surface area contributed by atoms with Gasteiger partial charge in [0, 0.05) is 32.9 Å². The first-order valence-electron chi connectivity index (χ1n) is 14.5. The fraction of sp³-hybridized carbons (Fsp3) is 0. The zero-order valence-electron chi connectivity index (χ0n) is 22.9. The Hall–Kier alpha value is -5.60. The summed E-state index contributed by atoms with van der Waals surface area (Å²) in [5, 5.41) is 7.65. The molecule has 196 valence electrons. The minimum Gasteiger partial charge on any atom is -0.309 e. The normalized spacial score (nSPS) is 11.8. The third kappa shape index (κ3) is 3.33. The number of fused-ring (bicyclic) bond motifs is 8. The van der Waals surface area contributed by atoms with Crippen molar-refractivity contribution in [1.29, 1.82) is 0 Å². The Morgan fingerprint density at radius 3 is 1.57 bits per heavy atom. The maximum absolute atomic E-state index is 2.39. The number of hydrogen-bond acceptors (Lipinski definition) is 0. The zero-order valence-corrected chi connectivity index (χ0v) is 22.9. The summed E-state index contributed by atoms with van der Waals surface area (Å²) in [7, 11) is 0. The molecule has 2 nitrogen and oxygen atoms in total. The number of para-hydroxylation sites is 4. The summed E-state index contributed by atoms with van der Waals surface area (Å²) >= 11 is 0. The minimum atomic E-state index is 1.18. The van der Waals surface area contributed by atoms with E-state index in [2.05, 4.69) is 167 Å². The SMILES string of the molecule is c1ccc(-n2c3ccccc3c3ccc(-c4ccc5ccc6c(c5c4)c4ccccc4n6-c4ccccc4)cc32)cc1. The van der Waals surface area contributed by atoms with E-state index < -0.39 is 0 Å². The van der Waals surface area contributed by atoms with Gasteiger partial charge in [-0.3, -0.25) is 0 Å². The topological polar surface area (TPSA) is 9.86 Å². The summed E-state index contributed by atoms with van der Waals surface area (Å²) in [6.45, 7) is 0. The third-order valence-corrected chi connectivity index (χ3v) is 8.69. The van der Waals surface area contributed by atoms with Gasteiger partial charge in [0.05, 0.1) is 22.1 Å². The molecule has 0 saturated carbocycles. The average molecular weight is 535 g/mol. The van der Waals surface area contributed by atoms with E-state index in [-0.39, 0.29) is 0 Å². The van der Waals surface area contributed by atoms with Gasteiger partial charge in [-0.05, 0) is 76.5 Å². The fourth-order valence-electron chi connectivity index (χ4n) is 6.83. The molecule has 0 radical (unpaired) electrons. The number of hydrogen-bond donors (Lipinski definition) is 0. The number of aromatic nitrogens is 2. The molecule has 0 saturated heterocycles. The third-order valence-electron chi connectivity index (χ3n) is 8.69. The molecule has 0 aliphatic rings. The van der Waals surface area contributed by atoms with E-state index in [1.165, 1.54) is 76.9 Å². The van der Waals surface area contributed by atoms with Gasteiger partial charge in [-0.1, -0.05) is 103 Å². The predicted octanol–water partition coefficient (Wildman–Crippen LogP) is 10.7. The summed E-state index contributed by atoms with van der Waals surface area (Å²) in [5.74, 6) is 0. The first kappa shape index (κ1) is 23.1. The summed E-state index contributed by atoms with van der Waals surface area (Å²) in [4.78, 5) is 0. The molecule has 2 heterocycles. The highest BCUT2D eigenvalue weighted by Gasteiger charge is 2.16. The molecular formula is C40H26N2. The van der Waals surface area contributed by atoms with Crippen molar-refractivity contribution in [2.75, 3.05) is 0 Å². The van der Waals surface area contributed by atoms with E-state index in [1.54, 1.807) is 0 Å². The largest absolute Gasteiger partial charge is 0.309 e. The van der Waals surface area contributed by atoms with Crippen molar-refractivity contribution < 1.29 is 0 Å². The van der Waals surface area contributed by atoms with Crippen LogP contribution in [0.4, 0.5) is 0 Å². The molecule has 0 fully saturated rings. The number of rotatable bonds is 3. The molecule has 9 rings (SSSR count). The Morgan fingerprint density at radius 2 is 0.833 bits per heavy atom. The average Bonchev–Trinajstić information content (AvgIpc) is 3.58. The minimum absolute atomic E-state index is 1.18. The van der Waals surface area contributed by atoms with Crippen LogP contribution in [-0.2, 0) is 0 Å². The molecule has 0 atom stereocenters. The Kier molecular flexibility index (Phi) is 4.93. The summed E-state index contributed by atoms with van der Waals surface area (Å²) < 4.78 is 4.78. The lowest BCUT2D eigenvalue weighted by atomic mass is 9.97. The molecule has 42 heavy (non-hydrogen) atoms. The van der Waals surface area contributed by atoms with E-state index in [4.69, 9.17) is 0 Å². The molecular weight excluding hydrogens is 508 g/mol. The van der Waals surface area contributed by atoms with Gasteiger partial charge in [0.25, 0.3) is 0 Å². The number of benzene rings is 7. The lowest BCUT2D eigenvalue weighted by Gasteiger charge is -2.10. The van der Waals surface area contributed by atoms with Crippen LogP contribution in [0.2, 0.25) is 0 Å². The van der Waals surface area contributed by atoms with Crippen molar-refractivity contribution in [2.45, 2.75) is 0 Å². The highest BCUT2D eigenvalue weighted by molar-refractivity contribution is 6.22. The molecule has 0 amide bonds. The van der Waals surface area contributed by atoms with Gasteiger partial charge < -0.3 is 9.13 Å². The summed E-state index contributed by atoms with van der Waals surface area (Å²) in [6.07, 6.45) is 0. The van der Waals surface area contributed by atoms with Crippen molar-refractivity contribution in [2.24, 2.45) is 0 Å². The number of nitrogens with zero attached hydrogens (tertiary/aromatic N) is 2. The summed E-state index contributed by atoms with van der Waals surface area (Å²) in [6, 6.07) is 57.2. The Labute approximate surface area is 243 Å². The maximum Gasteiger partial charge on any atom is 0.0547 e. The van der Waals surface area contributed by atoms with Crippen LogP contribution in [0.25, 0.3) is 76.9 Å². The van der Waals surface area contributed by atoms with Crippen LogP contribution in [0.1, 0.15) is 0 Å². The lowest BCUT2D eigenvalue weighted by molar-refractivity contribution is 1.18. The van der Waals surface area contributed by atoms with E-state index >= 15 is 0 Å². The van der Waals surface area contributed by atoms with Gasteiger partial charge in [0.2, 0.25) is 0 Å². The van der Waals surface area contributed by atoms with Crippen LogP contribution >= 0.6 is 0 Å². The Bertz CT molecular complexity index is 2440. The van der Waals surface area contributed by atoms with Gasteiger partial charge in [-0.25, -0.2) is 0 Å². The fourth-order valence-corrected chi connectivity index (χ4v) is 6.83. The molecule has 9 aromatic rings. The molecule has 0 unspecified atom stereocenters. The molecule has 0 bridgehead atoms. The maximum atomic E-state index is 2.39. The molecule has 0 spiro atoms. The summed E-state index contributed by atoms with van der Waals surface area (Å²) in [5.41, 5.74) is 9.69. The second-order valence-electron chi connectivity index (χ2n) is 11.0. The van der Waals surface area contributed by atoms with E-state index in [0.717, 1.165) is 0 Å². The van der Waals surface area contributed by atoms with Crippen LogP contribution in [0.3, 0.4) is 0 Å². The van der Waals surface area contributed by atoms with Gasteiger partial charge in [-0.15, -0.1) is 0 Å². The molecule has 0 aliphatic carbocycles. The van der Waals surface area contributed by atoms with E-state index in [9.17, 15) is 0 Å². The van der Waals surface area contributed by atoms with Crippen LogP contribution < -0.4 is 0 Å². The molecule has 0 N–H and O–H groups in total. The smallest absolute Gasteiger partial charge is 0.0547 e. The Morgan fingerprint density at radius 1 is 0.310 bits per heavy atom. The predicted molar refractivity (Wildman–Crippen MR) is 178 cm³/mol. The lowest BCUT2D eigenvalue weighted by Crippen LogP contribution is -1.93. The van der Waals surface area contributed by atoms with E-state index in [0.29, 0.717) is 0 Å². The monoisotopic (exact) mass is 534 g/mol. The van der Waals surface area contributed by atoms with Crippen LogP contribution in [0.5, 0.6) is 0 Å². The van der Waals surface area contributed by atoms with Crippen molar-refractivity contribution in [3.63, 3.8) is 0 Å². The Balaban J connectivity index is 1.32. The van der Waals surface area contributed by atoms with Crippen LogP contribution in [0.15, 0.2) is 158 Å². The standard InChI is InChI=1S/C40H26N2/c1-3-11-30(12-4-1)41-37-18-10-8-16-34(37)40-35-25-28(20-19-27(35)22-24-38(40)41)29-21-23-33-32-15-7-9-17-36(32)42(39(33)26-29)31-13-5-2-6-14-31/h1-26H. The second kappa shape index (κ2) is 8.95. The first-order valence-corrected chi connectivity index (χ1v) is 14.5. The van der Waals surface area contributed by atoms with Crippen molar-refractivity contribution in [3.05, 3.63) is 158 Å². The highest BCUT2D eigenvalue weighted by Crippen LogP contribution is 2.39. The molecule has 2 heteroatoms. The second-order valence-corrected chi connectivity index (χ2v) is 11.0. The van der Waals surface area contributed by atoms with Crippen LogP contribution in [0, 0.1) is 0 Å². The molecule has 0 aliphatic heterocycles. The van der Waals surface area contributed by atoms with Gasteiger partial charge in [-0.2, -0.15) is 0 Å².